The molecule has 2 nitrogen and oxygen atoms in total. The lowest BCUT2D eigenvalue weighted by atomic mass is 9.79. The molecule has 0 aliphatic carbocycles. The molecule has 1 fully saturated rings. The molecular weight excluding hydrogens is 172 g/mol. The Bertz CT molecular complexity index is 172. The van der Waals surface area contributed by atoms with Crippen molar-refractivity contribution in [3.63, 3.8) is 0 Å². The van der Waals surface area contributed by atoms with Crippen molar-refractivity contribution in [1.29, 1.82) is 0 Å². The molecule has 14 heavy (non-hydrogen) atoms. The molecule has 0 spiro atoms. The van der Waals surface area contributed by atoms with E-state index in [1.54, 1.807) is 0 Å². The number of rotatable bonds is 2. The molecular formula is C12H26N2. The van der Waals surface area contributed by atoms with Gasteiger partial charge in [0, 0.05) is 6.04 Å². The molecule has 1 saturated heterocycles. The molecule has 1 heterocycles. The first-order valence-corrected chi connectivity index (χ1v) is 5.84. The van der Waals surface area contributed by atoms with Gasteiger partial charge in [-0.2, -0.15) is 0 Å². The lowest BCUT2D eigenvalue weighted by molar-refractivity contribution is 0.0874. The third kappa shape index (κ3) is 3.25. The zero-order chi connectivity index (χ0) is 10.8. The molecule has 0 aromatic carbocycles. The summed E-state index contributed by atoms with van der Waals surface area (Å²) in [6, 6.07) is 0.703. The molecule has 1 rings (SSSR count). The van der Waals surface area contributed by atoms with Crippen molar-refractivity contribution in [1.82, 2.24) is 4.90 Å². The topological polar surface area (TPSA) is 29.3 Å². The maximum Gasteiger partial charge on any atom is 0.0137 e. The van der Waals surface area contributed by atoms with E-state index in [0.717, 1.165) is 6.54 Å². The fourth-order valence-electron chi connectivity index (χ4n) is 2.55. The summed E-state index contributed by atoms with van der Waals surface area (Å²) >= 11 is 0. The van der Waals surface area contributed by atoms with Crippen LogP contribution in [0.4, 0.5) is 0 Å². The van der Waals surface area contributed by atoms with Crippen LogP contribution in [-0.4, -0.2) is 31.1 Å². The van der Waals surface area contributed by atoms with Crippen molar-refractivity contribution in [2.24, 2.45) is 17.1 Å². The van der Waals surface area contributed by atoms with Gasteiger partial charge in [-0.3, -0.25) is 0 Å². The second-order valence-corrected chi connectivity index (χ2v) is 5.95. The van der Waals surface area contributed by atoms with E-state index < -0.39 is 0 Å². The summed E-state index contributed by atoms with van der Waals surface area (Å²) in [4.78, 5) is 2.51. The van der Waals surface area contributed by atoms with Crippen LogP contribution in [0.1, 0.15) is 40.0 Å². The molecule has 0 amide bonds. The summed E-state index contributed by atoms with van der Waals surface area (Å²) in [5.41, 5.74) is 6.27. The third-order valence-corrected chi connectivity index (χ3v) is 3.32. The minimum atomic E-state index is 0.420. The highest BCUT2D eigenvalue weighted by Gasteiger charge is 2.31. The first-order valence-electron chi connectivity index (χ1n) is 5.84. The number of nitrogens with two attached hydrogens (primary N) is 1. The van der Waals surface area contributed by atoms with Gasteiger partial charge in [-0.25, -0.2) is 0 Å². The van der Waals surface area contributed by atoms with Crippen molar-refractivity contribution in [2.75, 3.05) is 20.1 Å². The molecule has 0 aromatic heterocycles. The lowest BCUT2D eigenvalue weighted by Gasteiger charge is -2.41. The minimum Gasteiger partial charge on any atom is -0.330 e. The van der Waals surface area contributed by atoms with Gasteiger partial charge in [0.1, 0.15) is 0 Å². The number of likely N-dealkylation sites (tertiary alicyclic amines) is 1. The van der Waals surface area contributed by atoms with Crippen molar-refractivity contribution >= 4 is 0 Å². The van der Waals surface area contributed by atoms with Gasteiger partial charge in [-0.1, -0.05) is 20.8 Å². The second-order valence-electron chi connectivity index (χ2n) is 5.95. The zero-order valence-corrected chi connectivity index (χ0v) is 10.2. The fraction of sp³-hybridized carbons (Fsp3) is 1.00. The van der Waals surface area contributed by atoms with E-state index in [1.807, 2.05) is 0 Å². The molecule has 0 unspecified atom stereocenters. The molecule has 2 N–H and O–H groups in total. The molecule has 0 bridgehead atoms. The van der Waals surface area contributed by atoms with Crippen LogP contribution in [0.25, 0.3) is 0 Å². The normalized spacial score (nSPS) is 30.6. The van der Waals surface area contributed by atoms with Crippen molar-refractivity contribution in [2.45, 2.75) is 46.1 Å². The van der Waals surface area contributed by atoms with E-state index >= 15 is 0 Å². The number of piperidine rings is 1. The van der Waals surface area contributed by atoms with Crippen molar-refractivity contribution in [3.8, 4) is 0 Å². The smallest absolute Gasteiger partial charge is 0.0137 e. The Morgan fingerprint density at radius 1 is 1.36 bits per heavy atom. The highest BCUT2D eigenvalue weighted by molar-refractivity contribution is 4.86. The largest absolute Gasteiger partial charge is 0.330 e. The van der Waals surface area contributed by atoms with Crippen LogP contribution in [0, 0.1) is 11.3 Å². The van der Waals surface area contributed by atoms with Gasteiger partial charge in [-0.05, 0) is 50.7 Å². The van der Waals surface area contributed by atoms with E-state index in [2.05, 4.69) is 32.7 Å². The molecule has 0 saturated carbocycles. The SMILES string of the molecule is CN1CCC[C@H](CN)[C@H]1CC(C)(C)C. The zero-order valence-electron chi connectivity index (χ0n) is 10.2. The average molecular weight is 198 g/mol. The van der Waals surface area contributed by atoms with Gasteiger partial charge in [0.05, 0.1) is 0 Å². The minimum absolute atomic E-state index is 0.420. The third-order valence-electron chi connectivity index (χ3n) is 3.32. The molecule has 0 aromatic rings. The van der Waals surface area contributed by atoms with Crippen LogP contribution >= 0.6 is 0 Å². The second kappa shape index (κ2) is 4.63. The van der Waals surface area contributed by atoms with Crippen molar-refractivity contribution in [3.05, 3.63) is 0 Å². The molecule has 0 radical (unpaired) electrons. The highest BCUT2D eigenvalue weighted by Crippen LogP contribution is 2.31. The predicted octanol–water partition coefficient (Wildman–Crippen LogP) is 2.09. The molecule has 1 aliphatic rings. The Labute approximate surface area is 88.8 Å². The number of nitrogens with zero attached hydrogens (tertiary/aromatic N) is 1. The van der Waals surface area contributed by atoms with Crippen molar-refractivity contribution < 1.29 is 0 Å². The van der Waals surface area contributed by atoms with Crippen LogP contribution in [0.2, 0.25) is 0 Å². The summed E-state index contributed by atoms with van der Waals surface area (Å²) in [5.74, 6) is 0.716. The maximum absolute atomic E-state index is 5.85. The van der Waals surface area contributed by atoms with Gasteiger partial charge in [-0.15, -0.1) is 0 Å². The summed E-state index contributed by atoms with van der Waals surface area (Å²) in [5, 5.41) is 0. The summed E-state index contributed by atoms with van der Waals surface area (Å²) in [6.07, 6.45) is 3.91. The fourth-order valence-corrected chi connectivity index (χ4v) is 2.55. The van der Waals surface area contributed by atoms with Crippen LogP contribution in [0.5, 0.6) is 0 Å². The maximum atomic E-state index is 5.85. The molecule has 2 heteroatoms. The first-order chi connectivity index (χ1) is 6.44. The predicted molar refractivity (Wildman–Crippen MR) is 62.3 cm³/mol. The number of hydrogen-bond acceptors (Lipinski definition) is 2. The molecule has 1 aliphatic heterocycles. The van der Waals surface area contributed by atoms with Crippen LogP contribution < -0.4 is 5.73 Å². The monoisotopic (exact) mass is 198 g/mol. The quantitative estimate of drug-likeness (QED) is 0.736. The van der Waals surface area contributed by atoms with Crippen LogP contribution in [0.15, 0.2) is 0 Å². The Hall–Kier alpha value is -0.0800. The van der Waals surface area contributed by atoms with Crippen LogP contribution in [-0.2, 0) is 0 Å². The van der Waals surface area contributed by atoms with Gasteiger partial charge >= 0.3 is 0 Å². The summed E-state index contributed by atoms with van der Waals surface area (Å²) in [6.45, 7) is 9.07. The van der Waals surface area contributed by atoms with E-state index in [-0.39, 0.29) is 0 Å². The van der Waals surface area contributed by atoms with Gasteiger partial charge in [0.15, 0.2) is 0 Å². The Kier molecular flexibility index (Phi) is 3.96. The Morgan fingerprint density at radius 3 is 2.50 bits per heavy atom. The van der Waals surface area contributed by atoms with E-state index in [0.29, 0.717) is 17.4 Å². The van der Waals surface area contributed by atoms with E-state index in [9.17, 15) is 0 Å². The first kappa shape index (κ1) is 12.0. The van der Waals surface area contributed by atoms with Crippen LogP contribution in [0.3, 0.4) is 0 Å². The number of hydrogen-bond donors (Lipinski definition) is 1. The summed E-state index contributed by atoms with van der Waals surface area (Å²) < 4.78 is 0. The van der Waals surface area contributed by atoms with E-state index in [1.165, 1.54) is 25.8 Å². The Morgan fingerprint density at radius 2 is 2.00 bits per heavy atom. The lowest BCUT2D eigenvalue weighted by Crippen LogP contribution is -2.47. The van der Waals surface area contributed by atoms with Gasteiger partial charge < -0.3 is 10.6 Å². The molecule has 2 atom stereocenters. The standard InChI is InChI=1S/C12H26N2/c1-12(2,3)8-11-10(9-13)6-5-7-14(11)4/h10-11H,5-9,13H2,1-4H3/t10-,11-/m1/s1. The Balaban J connectivity index is 2.60. The van der Waals surface area contributed by atoms with Gasteiger partial charge in [0.25, 0.3) is 0 Å². The average Bonchev–Trinajstić information content (AvgIpc) is 2.06. The van der Waals surface area contributed by atoms with E-state index in [4.69, 9.17) is 5.73 Å². The van der Waals surface area contributed by atoms with Gasteiger partial charge in [0.2, 0.25) is 0 Å². The highest BCUT2D eigenvalue weighted by atomic mass is 15.1. The summed E-state index contributed by atoms with van der Waals surface area (Å²) in [7, 11) is 2.25. The molecule has 84 valence electrons.